The summed E-state index contributed by atoms with van der Waals surface area (Å²) in [6, 6.07) is 22.3. The van der Waals surface area contributed by atoms with Gasteiger partial charge in [-0.2, -0.15) is 0 Å². The molecule has 4 aromatic rings. The van der Waals surface area contributed by atoms with Gasteiger partial charge in [-0.05, 0) is 41.3 Å². The molecule has 3 heterocycles. The fraction of sp³-hybridized carbons (Fsp3) is 0.250. The summed E-state index contributed by atoms with van der Waals surface area (Å²) in [5.41, 5.74) is 0.941. The first-order valence-corrected chi connectivity index (χ1v) is 10.9. The Morgan fingerprint density at radius 3 is 2.10 bits per heavy atom. The fourth-order valence-electron chi connectivity index (χ4n) is 4.56. The Morgan fingerprint density at radius 2 is 1.48 bits per heavy atom. The van der Waals surface area contributed by atoms with Gasteiger partial charge in [0.2, 0.25) is 0 Å². The Labute approximate surface area is 174 Å². The van der Waals surface area contributed by atoms with E-state index in [4.69, 9.17) is 0 Å². The molecule has 29 heavy (non-hydrogen) atoms. The number of hydrogen-bond donors (Lipinski definition) is 1. The number of nitrogens with zero attached hydrogens (tertiary/aromatic N) is 3. The monoisotopic (exact) mass is 401 g/mol. The van der Waals surface area contributed by atoms with E-state index in [0.717, 1.165) is 53.1 Å². The number of rotatable bonds is 4. The van der Waals surface area contributed by atoms with Crippen LogP contribution in [-0.2, 0) is 5.60 Å². The Bertz CT molecular complexity index is 1050. The molecule has 1 aliphatic heterocycles. The fourth-order valence-corrected chi connectivity index (χ4v) is 5.29. The van der Waals surface area contributed by atoms with Gasteiger partial charge in [-0.25, -0.2) is 9.97 Å². The van der Waals surface area contributed by atoms with Crippen molar-refractivity contribution in [3.05, 3.63) is 89.6 Å². The van der Waals surface area contributed by atoms with E-state index >= 15 is 0 Å². The zero-order valence-electron chi connectivity index (χ0n) is 16.1. The third-order valence-electron chi connectivity index (χ3n) is 6.05. The van der Waals surface area contributed by atoms with E-state index in [0.29, 0.717) is 0 Å². The summed E-state index contributed by atoms with van der Waals surface area (Å²) < 4.78 is 0. The smallest absolute Gasteiger partial charge is 0.140 e. The molecule has 146 valence electrons. The molecule has 5 rings (SSSR count). The van der Waals surface area contributed by atoms with Crippen LogP contribution in [0.5, 0.6) is 0 Å². The van der Waals surface area contributed by atoms with Crippen molar-refractivity contribution in [2.24, 2.45) is 5.92 Å². The van der Waals surface area contributed by atoms with Crippen molar-refractivity contribution in [2.45, 2.75) is 18.4 Å². The Morgan fingerprint density at radius 1 is 0.862 bits per heavy atom. The van der Waals surface area contributed by atoms with Crippen LogP contribution in [0.3, 0.4) is 0 Å². The molecule has 0 spiro atoms. The van der Waals surface area contributed by atoms with Crippen LogP contribution in [0.25, 0.3) is 10.2 Å². The molecule has 0 radical (unpaired) electrons. The van der Waals surface area contributed by atoms with Crippen LogP contribution in [0, 0.1) is 5.92 Å². The minimum Gasteiger partial charge on any atom is -0.380 e. The van der Waals surface area contributed by atoms with E-state index in [2.05, 4.69) is 26.3 Å². The van der Waals surface area contributed by atoms with Crippen molar-refractivity contribution in [1.82, 2.24) is 9.97 Å². The van der Waals surface area contributed by atoms with Gasteiger partial charge in [0.05, 0.1) is 5.39 Å². The second kappa shape index (κ2) is 7.58. The molecule has 1 aliphatic rings. The minimum absolute atomic E-state index is 0.142. The molecule has 0 atom stereocenters. The van der Waals surface area contributed by atoms with E-state index in [1.54, 1.807) is 17.7 Å². The first kappa shape index (κ1) is 18.3. The maximum atomic E-state index is 12.0. The van der Waals surface area contributed by atoms with Crippen LogP contribution in [0.15, 0.2) is 78.4 Å². The van der Waals surface area contributed by atoms with Gasteiger partial charge in [0.15, 0.2) is 0 Å². The summed E-state index contributed by atoms with van der Waals surface area (Å²) in [5, 5.41) is 15.2. The predicted octanol–water partition coefficient (Wildman–Crippen LogP) is 4.84. The van der Waals surface area contributed by atoms with Crippen LogP contribution < -0.4 is 4.90 Å². The Balaban J connectivity index is 1.45. The topological polar surface area (TPSA) is 49.2 Å². The molecule has 2 aromatic heterocycles. The lowest BCUT2D eigenvalue weighted by atomic mass is 9.72. The van der Waals surface area contributed by atoms with Crippen molar-refractivity contribution >= 4 is 27.4 Å². The molecule has 5 heteroatoms. The van der Waals surface area contributed by atoms with E-state index in [-0.39, 0.29) is 5.92 Å². The number of thiophene rings is 1. The molecule has 0 bridgehead atoms. The molecular formula is C24H23N3OS. The summed E-state index contributed by atoms with van der Waals surface area (Å²) in [4.78, 5) is 12.3. The van der Waals surface area contributed by atoms with Crippen LogP contribution in [0.1, 0.15) is 24.0 Å². The molecule has 0 amide bonds. The zero-order chi connectivity index (χ0) is 19.7. The van der Waals surface area contributed by atoms with Crippen LogP contribution in [0.4, 0.5) is 5.82 Å². The maximum Gasteiger partial charge on any atom is 0.140 e. The van der Waals surface area contributed by atoms with Crippen LogP contribution in [0.2, 0.25) is 0 Å². The highest BCUT2D eigenvalue weighted by Crippen LogP contribution is 2.42. The number of fused-ring (bicyclic) bond motifs is 1. The van der Waals surface area contributed by atoms with Gasteiger partial charge in [-0.1, -0.05) is 60.7 Å². The molecule has 4 nitrogen and oxygen atoms in total. The summed E-state index contributed by atoms with van der Waals surface area (Å²) in [6.07, 6.45) is 3.45. The quantitative estimate of drug-likeness (QED) is 0.531. The molecule has 1 N–H and O–H groups in total. The average molecular weight is 402 g/mol. The van der Waals surface area contributed by atoms with Gasteiger partial charge in [0.25, 0.3) is 0 Å². The van der Waals surface area contributed by atoms with E-state index in [9.17, 15) is 5.11 Å². The van der Waals surface area contributed by atoms with Crippen LogP contribution >= 0.6 is 11.3 Å². The van der Waals surface area contributed by atoms with Crippen molar-refractivity contribution < 1.29 is 5.11 Å². The normalized spacial score (nSPS) is 15.7. The van der Waals surface area contributed by atoms with Crippen molar-refractivity contribution in [3.8, 4) is 0 Å². The van der Waals surface area contributed by atoms with Crippen molar-refractivity contribution in [1.29, 1.82) is 0 Å². The lowest BCUT2D eigenvalue weighted by Gasteiger charge is -2.42. The summed E-state index contributed by atoms with van der Waals surface area (Å²) in [7, 11) is 0. The number of anilines is 1. The lowest BCUT2D eigenvalue weighted by molar-refractivity contribution is 0.00502. The highest BCUT2D eigenvalue weighted by Gasteiger charge is 2.41. The molecule has 0 saturated carbocycles. The molecule has 1 saturated heterocycles. The Kier molecular flexibility index (Phi) is 4.78. The highest BCUT2D eigenvalue weighted by atomic mass is 32.1. The second-order valence-corrected chi connectivity index (χ2v) is 8.49. The molecule has 2 aromatic carbocycles. The van der Waals surface area contributed by atoms with E-state index < -0.39 is 5.60 Å². The van der Waals surface area contributed by atoms with Gasteiger partial charge in [0.1, 0.15) is 22.6 Å². The third kappa shape index (κ3) is 3.20. The maximum absolute atomic E-state index is 12.0. The van der Waals surface area contributed by atoms with Gasteiger partial charge in [-0.3, -0.25) is 0 Å². The number of piperidine rings is 1. The zero-order valence-corrected chi connectivity index (χ0v) is 16.9. The molecule has 1 fully saturated rings. The van der Waals surface area contributed by atoms with Crippen molar-refractivity contribution in [3.63, 3.8) is 0 Å². The first-order valence-electron chi connectivity index (χ1n) is 10.0. The van der Waals surface area contributed by atoms with Gasteiger partial charge >= 0.3 is 0 Å². The highest BCUT2D eigenvalue weighted by molar-refractivity contribution is 7.16. The minimum atomic E-state index is -0.988. The average Bonchev–Trinajstić information content (AvgIpc) is 3.29. The summed E-state index contributed by atoms with van der Waals surface area (Å²) in [5.74, 6) is 1.15. The second-order valence-electron chi connectivity index (χ2n) is 7.60. The SMILES string of the molecule is OC(c1ccccc1)(c1ccccc1)C1CCN(c2ncnc3sccc23)CC1. The van der Waals surface area contributed by atoms with Crippen LogP contribution in [-0.4, -0.2) is 28.2 Å². The van der Waals surface area contributed by atoms with Gasteiger partial charge < -0.3 is 10.0 Å². The van der Waals surface area contributed by atoms with E-state index in [1.165, 1.54) is 0 Å². The molecular weight excluding hydrogens is 378 g/mol. The molecule has 0 unspecified atom stereocenters. The number of hydrogen-bond acceptors (Lipinski definition) is 5. The first-order chi connectivity index (χ1) is 14.3. The predicted molar refractivity (Wildman–Crippen MR) is 118 cm³/mol. The number of aromatic nitrogens is 2. The van der Waals surface area contributed by atoms with E-state index in [1.807, 2.05) is 60.7 Å². The number of aliphatic hydroxyl groups is 1. The lowest BCUT2D eigenvalue weighted by Crippen LogP contribution is -2.44. The number of benzene rings is 2. The Hall–Kier alpha value is -2.76. The largest absolute Gasteiger partial charge is 0.380 e. The van der Waals surface area contributed by atoms with Gasteiger partial charge in [-0.15, -0.1) is 11.3 Å². The standard InChI is InChI=1S/C24H23N3OS/c28-24(18-7-3-1-4-8-18,19-9-5-2-6-10-19)20-11-14-27(15-12-20)22-21-13-16-29-23(21)26-17-25-22/h1-10,13,16-17,20,28H,11-12,14-15H2. The molecule has 0 aliphatic carbocycles. The van der Waals surface area contributed by atoms with Crippen molar-refractivity contribution in [2.75, 3.05) is 18.0 Å². The third-order valence-corrected chi connectivity index (χ3v) is 6.87. The van der Waals surface area contributed by atoms with Gasteiger partial charge in [0, 0.05) is 13.1 Å². The summed E-state index contributed by atoms with van der Waals surface area (Å²) >= 11 is 1.65. The summed E-state index contributed by atoms with van der Waals surface area (Å²) in [6.45, 7) is 1.74.